The largest absolute Gasteiger partial charge is 0.332 e. The lowest BCUT2D eigenvalue weighted by atomic mass is 9.96. The molecule has 0 unspecified atom stereocenters. The highest BCUT2D eigenvalue weighted by molar-refractivity contribution is 7.89. The average molecular weight is 429 g/mol. The molecule has 0 bridgehead atoms. The molecule has 156 valence electrons. The Morgan fingerprint density at radius 3 is 2.36 bits per heavy atom. The average Bonchev–Trinajstić information content (AvgIpc) is 2.67. The number of hydrogen-bond acceptors (Lipinski definition) is 3. The molecule has 28 heavy (non-hydrogen) atoms. The molecule has 1 aromatic rings. The molecule has 3 rings (SSSR count). The Hall–Kier alpha value is -1.15. The summed E-state index contributed by atoms with van der Waals surface area (Å²) < 4.78 is 27.2. The number of hydrogen-bond donors (Lipinski definition) is 1. The van der Waals surface area contributed by atoms with Crippen molar-refractivity contribution in [3.05, 3.63) is 29.3 Å². The molecule has 1 amide bonds. The van der Waals surface area contributed by atoms with Crippen LogP contribution in [0.2, 0.25) is 5.02 Å². The lowest BCUT2D eigenvalue weighted by Crippen LogP contribution is -3.19. The van der Waals surface area contributed by atoms with Crippen LogP contribution in [0.3, 0.4) is 0 Å². The van der Waals surface area contributed by atoms with Crippen LogP contribution >= 0.6 is 11.6 Å². The van der Waals surface area contributed by atoms with Gasteiger partial charge in [-0.15, -0.1) is 0 Å². The summed E-state index contributed by atoms with van der Waals surface area (Å²) in [6, 6.07) is 6.79. The summed E-state index contributed by atoms with van der Waals surface area (Å²) in [6.07, 6.45) is 3.29. The third-order valence-corrected chi connectivity index (χ3v) is 8.36. The van der Waals surface area contributed by atoms with Gasteiger partial charge in [0.15, 0.2) is 6.04 Å². The van der Waals surface area contributed by atoms with E-state index < -0.39 is 10.0 Å². The molecule has 1 N–H and O–H groups in total. The molecule has 0 radical (unpaired) electrons. The maximum absolute atomic E-state index is 13.1. The Morgan fingerprint density at radius 2 is 1.79 bits per heavy atom. The summed E-state index contributed by atoms with van der Waals surface area (Å²) in [5, 5.41) is 0.411. The first-order valence-corrected chi connectivity index (χ1v) is 12.0. The molecule has 1 aromatic carbocycles. The van der Waals surface area contributed by atoms with Crippen LogP contribution in [0.5, 0.6) is 0 Å². The van der Waals surface area contributed by atoms with Crippen LogP contribution < -0.4 is 4.90 Å². The molecule has 2 aliphatic heterocycles. The van der Waals surface area contributed by atoms with Crippen molar-refractivity contribution in [2.45, 2.75) is 63.1 Å². The van der Waals surface area contributed by atoms with Gasteiger partial charge in [-0.2, -0.15) is 4.31 Å². The zero-order valence-electron chi connectivity index (χ0n) is 16.9. The van der Waals surface area contributed by atoms with E-state index in [4.69, 9.17) is 11.6 Å². The summed E-state index contributed by atoms with van der Waals surface area (Å²) in [7, 11) is -3.55. The minimum Gasteiger partial charge on any atom is -0.332 e. The number of quaternary nitrogens is 1. The number of amides is 1. The van der Waals surface area contributed by atoms with Crippen LogP contribution in [0.1, 0.15) is 40.0 Å². The standard InChI is InChI=1S/C20H30ClN3O3S/c1-15-6-4-7-16(2)24(15)20(25)17(3)22-10-12-23(13-11-22)28(26,27)19-9-5-8-18(21)14-19/h5,8-9,14-17H,4,6-7,10-13H2,1-3H3/p+1/t15-,16-,17+/m0/s1. The number of nitrogens with one attached hydrogen (secondary N) is 1. The number of benzene rings is 1. The molecule has 0 aliphatic carbocycles. The second-order valence-corrected chi connectivity index (χ2v) is 10.5. The smallest absolute Gasteiger partial charge is 0.281 e. The van der Waals surface area contributed by atoms with E-state index in [1.54, 1.807) is 18.2 Å². The van der Waals surface area contributed by atoms with Crippen molar-refractivity contribution in [1.29, 1.82) is 0 Å². The second kappa shape index (κ2) is 8.69. The Bertz CT molecular complexity index is 799. The van der Waals surface area contributed by atoms with Crippen molar-refractivity contribution in [2.75, 3.05) is 26.2 Å². The van der Waals surface area contributed by atoms with Crippen molar-refractivity contribution in [3.8, 4) is 0 Å². The molecule has 6 nitrogen and oxygen atoms in total. The van der Waals surface area contributed by atoms with Crippen molar-refractivity contribution in [2.24, 2.45) is 0 Å². The van der Waals surface area contributed by atoms with Crippen molar-refractivity contribution < 1.29 is 18.1 Å². The van der Waals surface area contributed by atoms with E-state index in [-0.39, 0.29) is 28.9 Å². The van der Waals surface area contributed by atoms with Gasteiger partial charge in [0.05, 0.1) is 31.1 Å². The fourth-order valence-corrected chi connectivity index (χ4v) is 6.22. The van der Waals surface area contributed by atoms with Gasteiger partial charge in [0.1, 0.15) is 0 Å². The van der Waals surface area contributed by atoms with Gasteiger partial charge in [-0.25, -0.2) is 8.42 Å². The van der Waals surface area contributed by atoms with E-state index in [2.05, 4.69) is 18.7 Å². The number of likely N-dealkylation sites (tertiary alicyclic amines) is 1. The Balaban J connectivity index is 1.64. The first-order chi connectivity index (χ1) is 13.2. The summed E-state index contributed by atoms with van der Waals surface area (Å²) in [5.74, 6) is 0.195. The second-order valence-electron chi connectivity index (χ2n) is 8.12. The van der Waals surface area contributed by atoms with Crippen molar-refractivity contribution in [3.63, 3.8) is 0 Å². The van der Waals surface area contributed by atoms with Crippen molar-refractivity contribution in [1.82, 2.24) is 9.21 Å². The molecule has 2 saturated heterocycles. The van der Waals surface area contributed by atoms with Gasteiger partial charge in [-0.1, -0.05) is 17.7 Å². The topological polar surface area (TPSA) is 62.1 Å². The monoisotopic (exact) mass is 428 g/mol. The Labute approximate surface area is 173 Å². The number of sulfonamides is 1. The van der Waals surface area contributed by atoms with Crippen molar-refractivity contribution >= 4 is 27.5 Å². The number of piperidine rings is 1. The van der Waals surface area contributed by atoms with E-state index in [9.17, 15) is 13.2 Å². The first kappa shape index (κ1) is 21.6. The fraction of sp³-hybridized carbons (Fsp3) is 0.650. The number of carbonyl (C=O) groups excluding carboxylic acids is 1. The predicted octanol–water partition coefficient (Wildman–Crippen LogP) is 1.41. The van der Waals surface area contributed by atoms with Gasteiger partial charge in [-0.05, 0) is 58.2 Å². The summed E-state index contributed by atoms with van der Waals surface area (Å²) >= 11 is 5.96. The highest BCUT2D eigenvalue weighted by atomic mass is 35.5. The number of carbonyl (C=O) groups is 1. The van der Waals surface area contributed by atoms with Crippen LogP contribution in [-0.2, 0) is 14.8 Å². The quantitative estimate of drug-likeness (QED) is 0.788. The Morgan fingerprint density at radius 1 is 1.18 bits per heavy atom. The van der Waals surface area contributed by atoms with Gasteiger partial charge >= 0.3 is 0 Å². The zero-order chi connectivity index (χ0) is 20.5. The van der Waals surface area contributed by atoms with Gasteiger partial charge in [0, 0.05) is 17.1 Å². The summed E-state index contributed by atoms with van der Waals surface area (Å²) in [5.41, 5.74) is 0. The molecular weight excluding hydrogens is 398 g/mol. The normalized spacial score (nSPS) is 26.2. The highest BCUT2D eigenvalue weighted by Crippen LogP contribution is 2.23. The number of nitrogens with zero attached hydrogens (tertiary/aromatic N) is 2. The number of halogens is 1. The highest BCUT2D eigenvalue weighted by Gasteiger charge is 2.39. The molecule has 0 aromatic heterocycles. The number of rotatable bonds is 4. The van der Waals surface area contributed by atoms with Gasteiger partial charge in [0.25, 0.3) is 5.91 Å². The lowest BCUT2D eigenvalue weighted by Gasteiger charge is -2.42. The fourth-order valence-electron chi connectivity index (χ4n) is 4.48. The third kappa shape index (κ3) is 4.37. The molecule has 0 spiro atoms. The molecule has 2 heterocycles. The minimum atomic E-state index is -3.55. The van der Waals surface area contributed by atoms with Crippen LogP contribution in [0.4, 0.5) is 0 Å². The maximum atomic E-state index is 13.1. The Kier molecular flexibility index (Phi) is 6.69. The van der Waals surface area contributed by atoms with E-state index in [1.807, 2.05) is 6.92 Å². The number of piperazine rings is 1. The lowest BCUT2D eigenvalue weighted by molar-refractivity contribution is -0.918. The predicted molar refractivity (Wildman–Crippen MR) is 110 cm³/mol. The van der Waals surface area contributed by atoms with E-state index >= 15 is 0 Å². The molecule has 0 saturated carbocycles. The van der Waals surface area contributed by atoms with Crippen LogP contribution in [-0.4, -0.2) is 67.8 Å². The molecular formula is C20H31ClN3O3S+. The summed E-state index contributed by atoms with van der Waals surface area (Å²) in [6.45, 7) is 8.31. The first-order valence-electron chi connectivity index (χ1n) is 10.1. The SMILES string of the molecule is C[C@H](C(=O)N1[C@@H](C)CCC[C@@H]1C)[NH+]1CCN(S(=O)(=O)c2cccc(Cl)c2)CC1. The zero-order valence-corrected chi connectivity index (χ0v) is 18.5. The van der Waals surface area contributed by atoms with E-state index in [1.165, 1.54) is 16.8 Å². The van der Waals surface area contributed by atoms with Crippen LogP contribution in [0.15, 0.2) is 29.2 Å². The van der Waals surface area contributed by atoms with Crippen LogP contribution in [0.25, 0.3) is 0 Å². The van der Waals surface area contributed by atoms with Crippen LogP contribution in [0, 0.1) is 0 Å². The molecule has 2 fully saturated rings. The maximum Gasteiger partial charge on any atom is 0.281 e. The minimum absolute atomic E-state index is 0.154. The molecule has 8 heteroatoms. The van der Waals surface area contributed by atoms with Gasteiger partial charge < -0.3 is 9.80 Å². The van der Waals surface area contributed by atoms with E-state index in [0.717, 1.165) is 17.7 Å². The molecule has 3 atom stereocenters. The molecule has 2 aliphatic rings. The summed E-state index contributed by atoms with van der Waals surface area (Å²) in [4.78, 5) is 16.6. The van der Waals surface area contributed by atoms with E-state index in [0.29, 0.717) is 31.2 Å². The van der Waals surface area contributed by atoms with Gasteiger partial charge in [-0.3, -0.25) is 4.79 Å². The third-order valence-electron chi connectivity index (χ3n) is 6.23. The van der Waals surface area contributed by atoms with Gasteiger partial charge in [0.2, 0.25) is 10.0 Å².